The predicted octanol–water partition coefficient (Wildman–Crippen LogP) is 5.67. The van der Waals surface area contributed by atoms with E-state index in [1.54, 1.807) is 0 Å². The van der Waals surface area contributed by atoms with Gasteiger partial charge in [-0.25, -0.2) is 0 Å². The summed E-state index contributed by atoms with van der Waals surface area (Å²) in [5, 5.41) is 18.8. The average Bonchev–Trinajstić information content (AvgIpc) is 3.15. The third-order valence-electron chi connectivity index (χ3n) is 9.70. The number of hydrogen-bond acceptors (Lipinski definition) is 10. The Bertz CT molecular complexity index is 1660. The monoisotopic (exact) mass is 738 g/mol. The van der Waals surface area contributed by atoms with Gasteiger partial charge in [0, 0.05) is 64.5 Å². The molecule has 2 unspecified atom stereocenters. The fraction of sp³-hybridized carbons (Fsp3) is 0.381. The molecule has 0 aliphatic carbocycles. The Morgan fingerprint density at radius 2 is 1.00 bits per heavy atom. The van der Waals surface area contributed by atoms with E-state index < -0.39 is 11.9 Å². The molecule has 0 saturated carbocycles. The van der Waals surface area contributed by atoms with Crippen LogP contribution in [0.5, 0.6) is 11.5 Å². The van der Waals surface area contributed by atoms with Crippen molar-refractivity contribution in [3.8, 4) is 11.5 Å². The molecule has 0 radical (unpaired) electrons. The zero-order chi connectivity index (χ0) is 38.5. The highest BCUT2D eigenvalue weighted by Gasteiger charge is 2.31. The molecule has 12 nitrogen and oxygen atoms in total. The normalized spacial score (nSPS) is 17.7. The Labute approximate surface area is 318 Å². The van der Waals surface area contributed by atoms with Crippen LogP contribution in [-0.2, 0) is 22.7 Å². The van der Waals surface area contributed by atoms with E-state index in [0.29, 0.717) is 37.7 Å². The highest BCUT2D eigenvalue weighted by Crippen LogP contribution is 2.34. The highest BCUT2D eigenvalue weighted by molar-refractivity contribution is 5.74. The summed E-state index contributed by atoms with van der Waals surface area (Å²) in [6, 6.07) is 31.4. The SMILES string of the molecule is CCOc1ccc(N)c(N2CCN(Cc3ccccc3)CC2CC(=O)O)c1.CCOc1ccc(N)c(N2CCN(Cc3ccccc3)CC2CC(=O)O)c1. The second-order valence-electron chi connectivity index (χ2n) is 13.6. The zero-order valence-electron chi connectivity index (χ0n) is 31.3. The van der Waals surface area contributed by atoms with Gasteiger partial charge in [-0.05, 0) is 49.2 Å². The van der Waals surface area contributed by atoms with Gasteiger partial charge in [0.1, 0.15) is 11.5 Å². The first-order valence-electron chi connectivity index (χ1n) is 18.7. The van der Waals surface area contributed by atoms with Gasteiger partial charge in [-0.1, -0.05) is 60.7 Å². The van der Waals surface area contributed by atoms with Crippen molar-refractivity contribution in [2.24, 2.45) is 0 Å². The van der Waals surface area contributed by atoms with Crippen molar-refractivity contribution in [3.05, 3.63) is 108 Å². The van der Waals surface area contributed by atoms with Crippen LogP contribution in [0, 0.1) is 0 Å². The smallest absolute Gasteiger partial charge is 0.305 e. The van der Waals surface area contributed by atoms with Crippen LogP contribution in [0.1, 0.15) is 37.8 Å². The molecule has 288 valence electrons. The number of piperazine rings is 2. The molecule has 2 aliphatic rings. The van der Waals surface area contributed by atoms with Gasteiger partial charge in [0.05, 0.1) is 60.9 Å². The third kappa shape index (κ3) is 11.3. The quantitative estimate of drug-likeness (QED) is 0.118. The van der Waals surface area contributed by atoms with Crippen LogP contribution in [0.25, 0.3) is 0 Å². The first kappa shape index (κ1) is 39.7. The summed E-state index contributed by atoms with van der Waals surface area (Å²) in [6.45, 7) is 11.2. The van der Waals surface area contributed by atoms with Crippen LogP contribution in [0.3, 0.4) is 0 Å². The number of rotatable bonds is 14. The van der Waals surface area contributed by atoms with Crippen molar-refractivity contribution < 1.29 is 29.3 Å². The summed E-state index contributed by atoms with van der Waals surface area (Å²) in [5.41, 5.74) is 17.9. The second-order valence-corrected chi connectivity index (χ2v) is 13.6. The largest absolute Gasteiger partial charge is 0.494 e. The molecule has 2 atom stereocenters. The molecule has 4 aromatic rings. The fourth-order valence-electron chi connectivity index (χ4n) is 7.25. The van der Waals surface area contributed by atoms with Gasteiger partial charge in [0.2, 0.25) is 0 Å². The summed E-state index contributed by atoms with van der Waals surface area (Å²) in [4.78, 5) is 31.8. The number of nitrogen functional groups attached to an aromatic ring is 2. The summed E-state index contributed by atoms with van der Waals surface area (Å²) in [5.74, 6) is -0.0952. The molecule has 0 amide bonds. The molecular weight excluding hydrogens is 684 g/mol. The van der Waals surface area contributed by atoms with Crippen LogP contribution < -0.4 is 30.7 Å². The van der Waals surface area contributed by atoms with Crippen molar-refractivity contribution in [2.75, 3.05) is 73.7 Å². The Morgan fingerprint density at radius 1 is 0.611 bits per heavy atom. The Kier molecular flexibility index (Phi) is 14.4. The number of ether oxygens (including phenoxy) is 2. The number of hydrogen-bond donors (Lipinski definition) is 4. The minimum Gasteiger partial charge on any atom is -0.494 e. The van der Waals surface area contributed by atoms with Crippen LogP contribution in [0.15, 0.2) is 97.1 Å². The molecule has 0 aromatic heterocycles. The minimum atomic E-state index is -0.800. The average molecular weight is 739 g/mol. The van der Waals surface area contributed by atoms with Crippen molar-refractivity contribution in [1.29, 1.82) is 0 Å². The van der Waals surface area contributed by atoms with E-state index >= 15 is 0 Å². The molecule has 6 rings (SSSR count). The maximum absolute atomic E-state index is 11.5. The van der Waals surface area contributed by atoms with Crippen LogP contribution in [0.4, 0.5) is 22.7 Å². The number of nitrogens with two attached hydrogens (primary N) is 2. The molecule has 12 heteroatoms. The minimum absolute atomic E-state index is 0.0730. The van der Waals surface area contributed by atoms with E-state index in [4.69, 9.17) is 20.9 Å². The summed E-state index contributed by atoms with van der Waals surface area (Å²) in [6.07, 6.45) is 0.146. The van der Waals surface area contributed by atoms with E-state index in [9.17, 15) is 19.8 Å². The van der Waals surface area contributed by atoms with Gasteiger partial charge in [-0.2, -0.15) is 0 Å². The Morgan fingerprint density at radius 3 is 1.35 bits per heavy atom. The molecule has 2 aliphatic heterocycles. The Balaban J connectivity index is 0.000000208. The summed E-state index contributed by atoms with van der Waals surface area (Å²) in [7, 11) is 0. The highest BCUT2D eigenvalue weighted by atomic mass is 16.5. The number of anilines is 4. The lowest BCUT2D eigenvalue weighted by atomic mass is 10.1. The van der Waals surface area contributed by atoms with Crippen molar-refractivity contribution in [2.45, 2.75) is 51.9 Å². The zero-order valence-corrected chi connectivity index (χ0v) is 31.3. The number of benzene rings is 4. The number of carboxylic acids is 2. The molecule has 2 saturated heterocycles. The van der Waals surface area contributed by atoms with Gasteiger partial charge >= 0.3 is 11.9 Å². The van der Waals surface area contributed by atoms with Gasteiger partial charge in [0.25, 0.3) is 0 Å². The molecule has 2 fully saturated rings. The summed E-state index contributed by atoms with van der Waals surface area (Å²) >= 11 is 0. The van der Waals surface area contributed by atoms with Gasteiger partial charge in [-0.3, -0.25) is 19.4 Å². The van der Waals surface area contributed by atoms with E-state index in [-0.39, 0.29) is 24.9 Å². The van der Waals surface area contributed by atoms with Crippen molar-refractivity contribution in [3.63, 3.8) is 0 Å². The lowest BCUT2D eigenvalue weighted by Crippen LogP contribution is -2.53. The van der Waals surface area contributed by atoms with Crippen LogP contribution in [-0.4, -0.2) is 96.5 Å². The Hall–Kier alpha value is -5.46. The topological polar surface area (TPSA) is 158 Å². The molecule has 0 spiro atoms. The lowest BCUT2D eigenvalue weighted by Gasteiger charge is -2.43. The first-order chi connectivity index (χ1) is 26.1. The number of carbonyl (C=O) groups is 2. The van der Waals surface area contributed by atoms with Crippen molar-refractivity contribution in [1.82, 2.24) is 9.80 Å². The van der Waals surface area contributed by atoms with E-state index in [1.807, 2.05) is 86.6 Å². The fourth-order valence-corrected chi connectivity index (χ4v) is 7.25. The number of carboxylic acid groups (broad SMARTS) is 2. The molecule has 4 aromatic carbocycles. The predicted molar refractivity (Wildman–Crippen MR) is 214 cm³/mol. The molecular formula is C42H54N6O6. The number of nitrogens with zero attached hydrogens (tertiary/aromatic N) is 4. The maximum atomic E-state index is 11.5. The van der Waals surface area contributed by atoms with Crippen LogP contribution >= 0.6 is 0 Å². The van der Waals surface area contributed by atoms with E-state index in [1.165, 1.54) is 11.1 Å². The third-order valence-corrected chi connectivity index (χ3v) is 9.70. The second kappa shape index (κ2) is 19.6. The van der Waals surface area contributed by atoms with Gasteiger partial charge in [0.15, 0.2) is 0 Å². The lowest BCUT2D eigenvalue weighted by molar-refractivity contribution is -0.138. The van der Waals surface area contributed by atoms with Crippen molar-refractivity contribution >= 4 is 34.7 Å². The summed E-state index contributed by atoms with van der Waals surface area (Å²) < 4.78 is 11.2. The molecule has 6 N–H and O–H groups in total. The molecule has 54 heavy (non-hydrogen) atoms. The van der Waals surface area contributed by atoms with E-state index in [0.717, 1.165) is 62.1 Å². The maximum Gasteiger partial charge on any atom is 0.305 e. The van der Waals surface area contributed by atoms with Gasteiger partial charge < -0.3 is 41.0 Å². The number of aliphatic carboxylic acids is 2. The molecule has 2 heterocycles. The standard InChI is InChI=1S/2C21H27N3O3/c2*1-2-27-18-8-9-19(22)20(13-18)24-11-10-23(15-17(24)12-21(25)26)14-16-6-4-3-5-7-16/h2*3-9,13,17H,2,10-12,14-15,22H2,1H3,(H,25,26). The molecule has 0 bridgehead atoms. The van der Waals surface area contributed by atoms with E-state index in [2.05, 4.69) is 43.9 Å². The van der Waals surface area contributed by atoms with Crippen LogP contribution in [0.2, 0.25) is 0 Å². The first-order valence-corrected chi connectivity index (χ1v) is 18.7. The van der Waals surface area contributed by atoms with Gasteiger partial charge in [-0.15, -0.1) is 0 Å².